The van der Waals surface area contributed by atoms with Gasteiger partial charge >= 0.3 is 0 Å². The molecule has 0 heterocycles. The summed E-state index contributed by atoms with van der Waals surface area (Å²) in [6.45, 7) is 0.938. The first-order valence-corrected chi connectivity index (χ1v) is 4.31. The topological polar surface area (TPSA) is 55.1 Å². The second-order valence-electron chi connectivity index (χ2n) is 3.15. The highest BCUT2D eigenvalue weighted by Crippen LogP contribution is 2.17. The van der Waals surface area contributed by atoms with Gasteiger partial charge in [-0.3, -0.25) is 4.79 Å². The average Bonchev–Trinajstić information content (AvgIpc) is 1.82. The van der Waals surface area contributed by atoms with E-state index < -0.39 is 0 Å². The van der Waals surface area contributed by atoms with Crippen LogP contribution in [0, 0.1) is 0 Å². The summed E-state index contributed by atoms with van der Waals surface area (Å²) in [4.78, 5) is 10.3. The van der Waals surface area contributed by atoms with Crippen molar-refractivity contribution in [1.82, 2.24) is 5.32 Å². The van der Waals surface area contributed by atoms with Gasteiger partial charge in [-0.15, -0.1) is 0 Å². The Morgan fingerprint density at radius 2 is 2.27 bits per heavy atom. The number of hydrogen-bond donors (Lipinski definition) is 2. The van der Waals surface area contributed by atoms with E-state index >= 15 is 0 Å². The van der Waals surface area contributed by atoms with Crippen LogP contribution in [0.25, 0.3) is 0 Å². The van der Waals surface area contributed by atoms with Crippen molar-refractivity contribution in [2.45, 2.75) is 38.1 Å². The van der Waals surface area contributed by atoms with Gasteiger partial charge in [0.25, 0.3) is 0 Å². The van der Waals surface area contributed by atoms with Crippen LogP contribution in [0.15, 0.2) is 0 Å². The number of nitrogens with two attached hydrogens (primary N) is 1. The van der Waals surface area contributed by atoms with Crippen LogP contribution < -0.4 is 11.1 Å². The molecule has 1 amide bonds. The van der Waals surface area contributed by atoms with Crippen molar-refractivity contribution in [3.05, 3.63) is 0 Å². The molecule has 1 aliphatic carbocycles. The third kappa shape index (κ3) is 3.37. The monoisotopic (exact) mass is 156 g/mol. The largest absolute Gasteiger partial charge is 0.370 e. The van der Waals surface area contributed by atoms with Crippen LogP contribution in [0.4, 0.5) is 0 Å². The lowest BCUT2D eigenvalue weighted by atomic mass is 9.93. The van der Waals surface area contributed by atoms with Crippen molar-refractivity contribution in [1.29, 1.82) is 0 Å². The number of carbonyl (C=O) groups excluding carboxylic acids is 1. The van der Waals surface area contributed by atoms with Crippen LogP contribution in [0.2, 0.25) is 0 Å². The molecule has 0 radical (unpaired) electrons. The first kappa shape index (κ1) is 8.53. The van der Waals surface area contributed by atoms with Crippen molar-refractivity contribution >= 4 is 5.91 Å². The second-order valence-corrected chi connectivity index (χ2v) is 3.15. The maximum atomic E-state index is 10.3. The lowest BCUT2D eigenvalue weighted by Gasteiger charge is -2.26. The quantitative estimate of drug-likeness (QED) is 0.566. The van der Waals surface area contributed by atoms with E-state index in [1.54, 1.807) is 0 Å². The molecule has 0 unspecified atom stereocenters. The minimum atomic E-state index is -0.194. The van der Waals surface area contributed by atoms with Crippen molar-refractivity contribution < 1.29 is 4.79 Å². The summed E-state index contributed by atoms with van der Waals surface area (Å²) in [5.41, 5.74) is 4.99. The molecule has 1 fully saturated rings. The molecule has 0 saturated heterocycles. The Balaban J connectivity index is 1.83. The fourth-order valence-electron chi connectivity index (χ4n) is 1.18. The Kier molecular flexibility index (Phi) is 3.36. The highest BCUT2D eigenvalue weighted by atomic mass is 16.1. The molecule has 11 heavy (non-hydrogen) atoms. The fourth-order valence-corrected chi connectivity index (χ4v) is 1.18. The lowest BCUT2D eigenvalue weighted by molar-refractivity contribution is -0.118. The summed E-state index contributed by atoms with van der Waals surface area (Å²) in [5, 5.41) is 3.37. The maximum Gasteiger partial charge on any atom is 0.217 e. The van der Waals surface area contributed by atoms with Crippen molar-refractivity contribution in [2.75, 3.05) is 6.54 Å². The standard InChI is InChI=1S/C8H16N2O/c9-8(11)5-2-6-10-7-3-1-4-7/h7,10H,1-6H2,(H2,9,11). The Morgan fingerprint density at radius 1 is 1.55 bits per heavy atom. The van der Waals surface area contributed by atoms with Crippen LogP contribution in [0.1, 0.15) is 32.1 Å². The average molecular weight is 156 g/mol. The second kappa shape index (κ2) is 4.34. The van der Waals surface area contributed by atoms with Crippen molar-refractivity contribution in [3.8, 4) is 0 Å². The van der Waals surface area contributed by atoms with Crippen LogP contribution in [-0.2, 0) is 4.79 Å². The first-order valence-electron chi connectivity index (χ1n) is 4.31. The Morgan fingerprint density at radius 3 is 2.73 bits per heavy atom. The summed E-state index contributed by atoms with van der Waals surface area (Å²) in [6, 6.07) is 0.725. The lowest BCUT2D eigenvalue weighted by Crippen LogP contribution is -2.35. The zero-order chi connectivity index (χ0) is 8.10. The fraction of sp³-hybridized carbons (Fsp3) is 0.875. The van der Waals surface area contributed by atoms with Gasteiger partial charge in [0, 0.05) is 12.5 Å². The van der Waals surface area contributed by atoms with Gasteiger partial charge in [-0.25, -0.2) is 0 Å². The van der Waals surface area contributed by atoms with Gasteiger partial charge in [0.1, 0.15) is 0 Å². The van der Waals surface area contributed by atoms with E-state index in [4.69, 9.17) is 5.73 Å². The molecular formula is C8H16N2O. The molecule has 0 bridgehead atoms. The van der Waals surface area contributed by atoms with Crippen LogP contribution in [-0.4, -0.2) is 18.5 Å². The number of hydrogen-bond acceptors (Lipinski definition) is 2. The predicted octanol–water partition coefficient (Wildman–Crippen LogP) is 0.394. The molecule has 3 heteroatoms. The van der Waals surface area contributed by atoms with Crippen molar-refractivity contribution in [2.24, 2.45) is 5.73 Å². The summed E-state index contributed by atoms with van der Waals surface area (Å²) in [7, 11) is 0. The van der Waals surface area contributed by atoms with E-state index in [2.05, 4.69) is 5.32 Å². The Bertz CT molecular complexity index is 132. The molecule has 1 rings (SSSR count). The number of carbonyl (C=O) groups is 1. The van der Waals surface area contributed by atoms with Crippen molar-refractivity contribution in [3.63, 3.8) is 0 Å². The summed E-state index contributed by atoms with van der Waals surface area (Å²) in [6.07, 6.45) is 5.35. The molecule has 0 aromatic heterocycles. The summed E-state index contributed by atoms with van der Waals surface area (Å²) >= 11 is 0. The molecule has 0 spiro atoms. The molecule has 64 valence electrons. The van der Waals surface area contributed by atoms with E-state index in [0.717, 1.165) is 19.0 Å². The summed E-state index contributed by atoms with van der Waals surface area (Å²) in [5.74, 6) is -0.194. The smallest absolute Gasteiger partial charge is 0.217 e. The zero-order valence-corrected chi connectivity index (χ0v) is 6.81. The molecule has 0 aromatic carbocycles. The third-order valence-corrected chi connectivity index (χ3v) is 2.14. The van der Waals surface area contributed by atoms with E-state index in [-0.39, 0.29) is 5.91 Å². The van der Waals surface area contributed by atoms with Crippen LogP contribution >= 0.6 is 0 Å². The highest BCUT2D eigenvalue weighted by Gasteiger charge is 2.15. The van der Waals surface area contributed by atoms with Gasteiger partial charge < -0.3 is 11.1 Å². The normalized spacial score (nSPS) is 17.8. The molecular weight excluding hydrogens is 140 g/mol. The van der Waals surface area contributed by atoms with Gasteiger partial charge in [-0.1, -0.05) is 6.42 Å². The van der Waals surface area contributed by atoms with Gasteiger partial charge in [0.2, 0.25) is 5.91 Å². The summed E-state index contributed by atoms with van der Waals surface area (Å²) < 4.78 is 0. The van der Waals surface area contributed by atoms with Gasteiger partial charge in [-0.05, 0) is 25.8 Å². The van der Waals surface area contributed by atoms with E-state index in [0.29, 0.717) is 6.42 Å². The van der Waals surface area contributed by atoms with Crippen LogP contribution in [0.3, 0.4) is 0 Å². The Hall–Kier alpha value is -0.570. The number of rotatable bonds is 5. The number of primary amides is 1. The van der Waals surface area contributed by atoms with E-state index in [1.807, 2.05) is 0 Å². The van der Waals surface area contributed by atoms with Crippen LogP contribution in [0.5, 0.6) is 0 Å². The number of amides is 1. The minimum Gasteiger partial charge on any atom is -0.370 e. The SMILES string of the molecule is NC(=O)CCCNC1CCC1. The Labute approximate surface area is 67.3 Å². The molecule has 3 N–H and O–H groups in total. The maximum absolute atomic E-state index is 10.3. The highest BCUT2D eigenvalue weighted by molar-refractivity contribution is 5.73. The zero-order valence-electron chi connectivity index (χ0n) is 6.81. The first-order chi connectivity index (χ1) is 5.29. The number of nitrogens with one attached hydrogen (secondary N) is 1. The molecule has 0 aromatic rings. The third-order valence-electron chi connectivity index (χ3n) is 2.14. The molecule has 3 nitrogen and oxygen atoms in total. The minimum absolute atomic E-state index is 0.194. The van der Waals surface area contributed by atoms with E-state index in [1.165, 1.54) is 19.3 Å². The molecule has 1 aliphatic rings. The molecule has 0 aliphatic heterocycles. The predicted molar refractivity (Wildman–Crippen MR) is 44.1 cm³/mol. The van der Waals surface area contributed by atoms with Gasteiger partial charge in [0.05, 0.1) is 0 Å². The van der Waals surface area contributed by atoms with E-state index in [9.17, 15) is 4.79 Å². The van der Waals surface area contributed by atoms with Gasteiger partial charge in [-0.2, -0.15) is 0 Å². The van der Waals surface area contributed by atoms with Gasteiger partial charge in [0.15, 0.2) is 0 Å². The molecule has 0 atom stereocenters. The molecule has 1 saturated carbocycles.